The molecule has 0 radical (unpaired) electrons. The van der Waals surface area contributed by atoms with Gasteiger partial charge in [-0.3, -0.25) is 4.90 Å². The highest BCUT2D eigenvalue weighted by molar-refractivity contribution is 5.35. The molecule has 0 saturated heterocycles. The predicted octanol–water partition coefficient (Wildman–Crippen LogP) is 3.09. The van der Waals surface area contributed by atoms with Crippen LogP contribution in [-0.2, 0) is 13.0 Å². The summed E-state index contributed by atoms with van der Waals surface area (Å²) in [4.78, 5) is 5.83. The van der Waals surface area contributed by atoms with Gasteiger partial charge in [-0.1, -0.05) is 32.0 Å². The minimum atomic E-state index is 0.596. The zero-order valence-corrected chi connectivity index (χ0v) is 10.7. The Kier molecular flexibility index (Phi) is 3.81. The van der Waals surface area contributed by atoms with Crippen molar-refractivity contribution in [2.45, 2.75) is 32.7 Å². The number of hydrogen-bond donors (Lipinski definition) is 0. The summed E-state index contributed by atoms with van der Waals surface area (Å²) in [5.41, 5.74) is 4.39. The van der Waals surface area contributed by atoms with Gasteiger partial charge in [0, 0.05) is 13.1 Å². The van der Waals surface area contributed by atoms with Crippen LogP contribution >= 0.6 is 0 Å². The third-order valence-electron chi connectivity index (χ3n) is 3.52. The molecule has 0 spiro atoms. The van der Waals surface area contributed by atoms with Crippen LogP contribution in [0.5, 0.6) is 0 Å². The van der Waals surface area contributed by atoms with E-state index in [9.17, 15) is 0 Å². The molecule has 2 rings (SSSR count). The van der Waals surface area contributed by atoms with Crippen molar-refractivity contribution in [1.29, 1.82) is 0 Å². The van der Waals surface area contributed by atoms with Crippen molar-refractivity contribution in [1.82, 2.24) is 4.90 Å². The molecule has 1 aliphatic rings. The van der Waals surface area contributed by atoms with Gasteiger partial charge in [-0.2, -0.15) is 0 Å². The summed E-state index contributed by atoms with van der Waals surface area (Å²) in [7, 11) is 0. The van der Waals surface area contributed by atoms with Crippen molar-refractivity contribution in [3.8, 4) is 0 Å². The number of rotatable bonds is 3. The Labute approximate surface area is 104 Å². The second-order valence-corrected chi connectivity index (χ2v) is 5.09. The monoisotopic (exact) mass is 228 g/mol. The zero-order valence-electron chi connectivity index (χ0n) is 10.7. The molecular formula is C15H20N2. The largest absolute Gasteiger partial charge is 0.316 e. The first-order valence-corrected chi connectivity index (χ1v) is 6.38. The number of hydrogen-bond acceptors (Lipinski definition) is 1. The first kappa shape index (κ1) is 12.1. The van der Waals surface area contributed by atoms with Crippen molar-refractivity contribution >= 4 is 0 Å². The second kappa shape index (κ2) is 5.33. The van der Waals surface area contributed by atoms with Crippen LogP contribution in [0.25, 0.3) is 4.85 Å². The summed E-state index contributed by atoms with van der Waals surface area (Å²) in [5.74, 6) is 0.596. The van der Waals surface area contributed by atoms with E-state index in [4.69, 9.17) is 6.57 Å². The number of fused-ring (bicyclic) bond motifs is 1. The zero-order chi connectivity index (χ0) is 12.3. The molecule has 0 bridgehead atoms. The fraction of sp³-hybridized carbons (Fsp3) is 0.533. The lowest BCUT2D eigenvalue weighted by molar-refractivity contribution is 0.266. The molecule has 1 heterocycles. The first-order valence-electron chi connectivity index (χ1n) is 6.38. The summed E-state index contributed by atoms with van der Waals surface area (Å²) in [5, 5.41) is 0. The highest BCUT2D eigenvalue weighted by Crippen LogP contribution is 2.23. The van der Waals surface area contributed by atoms with E-state index in [1.807, 2.05) is 0 Å². The smallest absolute Gasteiger partial charge is 0.227 e. The van der Waals surface area contributed by atoms with Gasteiger partial charge < -0.3 is 4.85 Å². The van der Waals surface area contributed by atoms with Crippen LogP contribution in [-0.4, -0.2) is 24.5 Å². The van der Waals surface area contributed by atoms with Crippen molar-refractivity contribution in [3.63, 3.8) is 0 Å². The third-order valence-corrected chi connectivity index (χ3v) is 3.52. The van der Waals surface area contributed by atoms with E-state index in [1.54, 1.807) is 0 Å². The molecule has 0 N–H and O–H groups in total. The van der Waals surface area contributed by atoms with Gasteiger partial charge >= 0.3 is 0 Å². The Morgan fingerprint density at radius 3 is 2.88 bits per heavy atom. The molecular weight excluding hydrogens is 208 g/mol. The van der Waals surface area contributed by atoms with E-state index in [2.05, 4.69) is 41.8 Å². The molecule has 0 aliphatic carbocycles. The molecule has 1 aromatic carbocycles. The Balaban J connectivity index is 2.12. The highest BCUT2D eigenvalue weighted by atomic mass is 15.1. The molecule has 0 fully saturated rings. The van der Waals surface area contributed by atoms with E-state index in [-0.39, 0.29) is 0 Å². The minimum Gasteiger partial charge on any atom is -0.316 e. The maximum absolute atomic E-state index is 6.85. The highest BCUT2D eigenvalue weighted by Gasteiger charge is 2.17. The Morgan fingerprint density at radius 2 is 2.18 bits per heavy atom. The molecule has 0 unspecified atom stereocenters. The normalized spacial score (nSPS) is 15.6. The van der Waals surface area contributed by atoms with E-state index in [1.165, 1.54) is 16.7 Å². The van der Waals surface area contributed by atoms with Crippen molar-refractivity contribution in [2.75, 3.05) is 19.6 Å². The fourth-order valence-electron chi connectivity index (χ4n) is 2.38. The molecule has 0 saturated carbocycles. The lowest BCUT2D eigenvalue weighted by Crippen LogP contribution is -2.32. The summed E-state index contributed by atoms with van der Waals surface area (Å²) >= 11 is 0. The van der Waals surface area contributed by atoms with Gasteiger partial charge in [0.2, 0.25) is 6.54 Å². The average Bonchev–Trinajstić information content (AvgIpc) is 2.35. The fourth-order valence-corrected chi connectivity index (χ4v) is 2.38. The van der Waals surface area contributed by atoms with Crippen molar-refractivity contribution < 1.29 is 0 Å². The quantitative estimate of drug-likeness (QED) is 0.721. The molecule has 1 aliphatic heterocycles. The maximum Gasteiger partial charge on any atom is 0.227 e. The van der Waals surface area contributed by atoms with Crippen LogP contribution in [0, 0.1) is 6.57 Å². The molecule has 0 atom stereocenters. The SMILES string of the molecule is [C-]#[N+]CCN1CCc2ccc(C(C)C)cc2C1. The van der Waals surface area contributed by atoms with Gasteiger partial charge in [0.1, 0.15) is 0 Å². The van der Waals surface area contributed by atoms with Gasteiger partial charge in [0.05, 0.1) is 6.54 Å². The molecule has 1 aromatic rings. The topological polar surface area (TPSA) is 7.60 Å². The van der Waals surface area contributed by atoms with Crippen molar-refractivity contribution in [2.24, 2.45) is 0 Å². The van der Waals surface area contributed by atoms with Gasteiger partial charge in [0.15, 0.2) is 0 Å². The van der Waals surface area contributed by atoms with E-state index < -0.39 is 0 Å². The van der Waals surface area contributed by atoms with Gasteiger partial charge in [-0.15, -0.1) is 0 Å². The van der Waals surface area contributed by atoms with Gasteiger partial charge in [-0.05, 0) is 29.0 Å². The maximum atomic E-state index is 6.85. The van der Waals surface area contributed by atoms with Crippen LogP contribution < -0.4 is 0 Å². The lowest BCUT2D eigenvalue weighted by Gasteiger charge is -2.28. The summed E-state index contributed by atoms with van der Waals surface area (Å²) in [6.45, 7) is 15.0. The summed E-state index contributed by atoms with van der Waals surface area (Å²) < 4.78 is 0. The lowest BCUT2D eigenvalue weighted by atomic mass is 9.93. The van der Waals surface area contributed by atoms with Crippen molar-refractivity contribution in [3.05, 3.63) is 46.3 Å². The number of benzene rings is 1. The van der Waals surface area contributed by atoms with Crippen LogP contribution in [0.3, 0.4) is 0 Å². The molecule has 2 heteroatoms. The Morgan fingerprint density at radius 1 is 1.35 bits per heavy atom. The third kappa shape index (κ3) is 2.87. The standard InChI is InChI=1S/C15H20N2/c1-12(2)14-5-4-13-6-8-17(9-7-16-3)11-15(13)10-14/h4-5,10,12H,6-9,11H2,1-2H3. The van der Waals surface area contributed by atoms with Crippen LogP contribution in [0.1, 0.15) is 36.5 Å². The molecule has 17 heavy (non-hydrogen) atoms. The Hall–Kier alpha value is -1.33. The molecule has 0 amide bonds. The molecule has 90 valence electrons. The van der Waals surface area contributed by atoms with Crippen LogP contribution in [0.2, 0.25) is 0 Å². The van der Waals surface area contributed by atoms with E-state index in [0.717, 1.165) is 26.1 Å². The average molecular weight is 228 g/mol. The second-order valence-electron chi connectivity index (χ2n) is 5.09. The minimum absolute atomic E-state index is 0.596. The van der Waals surface area contributed by atoms with E-state index >= 15 is 0 Å². The van der Waals surface area contributed by atoms with Gasteiger partial charge in [0.25, 0.3) is 0 Å². The summed E-state index contributed by atoms with van der Waals surface area (Å²) in [6.07, 6.45) is 1.13. The molecule has 0 aromatic heterocycles. The first-order chi connectivity index (χ1) is 8.20. The number of nitrogens with zero attached hydrogens (tertiary/aromatic N) is 2. The van der Waals surface area contributed by atoms with Crippen LogP contribution in [0.15, 0.2) is 18.2 Å². The molecule has 2 nitrogen and oxygen atoms in total. The predicted molar refractivity (Wildman–Crippen MR) is 71.0 cm³/mol. The summed E-state index contributed by atoms with van der Waals surface area (Å²) in [6, 6.07) is 6.90. The van der Waals surface area contributed by atoms with Gasteiger partial charge in [-0.25, -0.2) is 6.57 Å². The van der Waals surface area contributed by atoms with E-state index in [0.29, 0.717) is 12.5 Å². The van der Waals surface area contributed by atoms with Crippen LogP contribution in [0.4, 0.5) is 0 Å². The Bertz CT molecular complexity index is 429.